The quantitative estimate of drug-likeness (QED) is 0.438. The molecule has 0 saturated heterocycles. The molecule has 158 valence electrons. The van der Waals surface area contributed by atoms with E-state index in [4.69, 9.17) is 22.1 Å². The number of carbonyl (C=O) groups is 1. The summed E-state index contributed by atoms with van der Waals surface area (Å²) in [6.45, 7) is 4.14. The SMILES string of the molecule is Cn1nccc1-c1cc(NC(=O)Nc2ccc(Cl)cc2O)ccc1OC(C)(C)CN. The number of nitrogens with zero attached hydrogens (tertiary/aromatic N) is 2. The molecule has 0 fully saturated rings. The number of phenolic OH excluding ortho intramolecular Hbond substituents is 1. The van der Waals surface area contributed by atoms with E-state index < -0.39 is 11.6 Å². The fourth-order valence-corrected chi connectivity index (χ4v) is 2.94. The van der Waals surface area contributed by atoms with Crippen LogP contribution in [0.1, 0.15) is 13.8 Å². The fraction of sp³-hybridized carbons (Fsp3) is 0.238. The Kier molecular flexibility index (Phi) is 6.19. The zero-order valence-corrected chi connectivity index (χ0v) is 17.7. The minimum atomic E-state index is -0.564. The molecule has 5 N–H and O–H groups in total. The first-order chi connectivity index (χ1) is 14.2. The molecule has 0 saturated carbocycles. The number of anilines is 2. The number of amides is 2. The monoisotopic (exact) mass is 429 g/mol. The van der Waals surface area contributed by atoms with Crippen LogP contribution in [0.5, 0.6) is 11.5 Å². The summed E-state index contributed by atoms with van der Waals surface area (Å²) < 4.78 is 7.82. The molecule has 30 heavy (non-hydrogen) atoms. The molecule has 3 aromatic rings. The van der Waals surface area contributed by atoms with Crippen molar-refractivity contribution in [1.82, 2.24) is 9.78 Å². The fourth-order valence-electron chi connectivity index (χ4n) is 2.77. The molecule has 9 heteroatoms. The molecule has 0 unspecified atom stereocenters. The Morgan fingerprint density at radius 3 is 2.63 bits per heavy atom. The topological polar surface area (TPSA) is 114 Å². The summed E-state index contributed by atoms with van der Waals surface area (Å²) in [5.74, 6) is 0.497. The van der Waals surface area contributed by atoms with Gasteiger partial charge in [-0.25, -0.2) is 4.79 Å². The molecule has 0 spiro atoms. The molecular weight excluding hydrogens is 406 g/mol. The average Bonchev–Trinajstić information content (AvgIpc) is 3.11. The molecule has 2 aromatic carbocycles. The van der Waals surface area contributed by atoms with Crippen molar-refractivity contribution in [3.8, 4) is 22.8 Å². The van der Waals surface area contributed by atoms with Crippen LogP contribution < -0.4 is 21.1 Å². The van der Waals surface area contributed by atoms with Gasteiger partial charge in [-0.2, -0.15) is 5.10 Å². The van der Waals surface area contributed by atoms with Gasteiger partial charge in [0.1, 0.15) is 17.1 Å². The summed E-state index contributed by atoms with van der Waals surface area (Å²) in [5, 5.41) is 19.8. The van der Waals surface area contributed by atoms with Crippen LogP contribution in [0.25, 0.3) is 11.3 Å². The van der Waals surface area contributed by atoms with Gasteiger partial charge < -0.3 is 26.2 Å². The van der Waals surface area contributed by atoms with Gasteiger partial charge >= 0.3 is 6.03 Å². The standard InChI is InChI=1S/C21H24ClN5O3/c1-21(2,12-23)30-19-7-5-14(11-15(19)17-8-9-24-27(17)3)25-20(29)26-16-6-4-13(22)10-18(16)28/h4-11,28H,12,23H2,1-3H3,(H2,25,26,29). The van der Waals surface area contributed by atoms with E-state index in [0.717, 1.165) is 11.3 Å². The molecule has 2 amide bonds. The van der Waals surface area contributed by atoms with Gasteiger partial charge in [-0.1, -0.05) is 11.6 Å². The number of urea groups is 1. The number of benzene rings is 2. The van der Waals surface area contributed by atoms with Gasteiger partial charge in [0.25, 0.3) is 0 Å². The minimum Gasteiger partial charge on any atom is -0.506 e. The number of phenols is 1. The van der Waals surface area contributed by atoms with E-state index in [2.05, 4.69) is 15.7 Å². The van der Waals surface area contributed by atoms with E-state index in [9.17, 15) is 9.90 Å². The number of aromatic hydroxyl groups is 1. The highest BCUT2D eigenvalue weighted by Crippen LogP contribution is 2.34. The Hall–Kier alpha value is -3.23. The minimum absolute atomic E-state index is 0.124. The molecule has 0 aliphatic carbocycles. The normalized spacial score (nSPS) is 11.2. The zero-order valence-electron chi connectivity index (χ0n) is 16.9. The lowest BCUT2D eigenvalue weighted by molar-refractivity contribution is 0.119. The molecular formula is C21H24ClN5O3. The lowest BCUT2D eigenvalue weighted by Gasteiger charge is -2.26. The molecule has 8 nitrogen and oxygen atoms in total. The highest BCUT2D eigenvalue weighted by Gasteiger charge is 2.21. The van der Waals surface area contributed by atoms with Crippen molar-refractivity contribution < 1.29 is 14.6 Å². The molecule has 3 rings (SSSR count). The number of halogens is 1. The molecule has 1 aromatic heterocycles. The van der Waals surface area contributed by atoms with E-state index in [-0.39, 0.29) is 11.4 Å². The lowest BCUT2D eigenvalue weighted by Crippen LogP contribution is -2.37. The second-order valence-corrected chi connectivity index (χ2v) is 7.79. The van der Waals surface area contributed by atoms with Gasteiger partial charge in [0.2, 0.25) is 0 Å². The first-order valence-corrected chi connectivity index (χ1v) is 9.64. The van der Waals surface area contributed by atoms with E-state index in [0.29, 0.717) is 23.0 Å². The van der Waals surface area contributed by atoms with Crippen LogP contribution in [0.15, 0.2) is 48.7 Å². The first kappa shape index (κ1) is 21.5. The van der Waals surface area contributed by atoms with Gasteiger partial charge in [-0.15, -0.1) is 0 Å². The zero-order chi connectivity index (χ0) is 21.9. The highest BCUT2D eigenvalue weighted by molar-refractivity contribution is 6.30. The number of carbonyl (C=O) groups excluding carboxylic acids is 1. The van der Waals surface area contributed by atoms with Crippen molar-refractivity contribution in [2.75, 3.05) is 17.2 Å². The Morgan fingerprint density at radius 1 is 1.23 bits per heavy atom. The van der Waals surface area contributed by atoms with Crippen molar-refractivity contribution in [2.24, 2.45) is 12.8 Å². The van der Waals surface area contributed by atoms with Crippen LogP contribution in [-0.4, -0.2) is 33.1 Å². The van der Waals surface area contributed by atoms with Gasteiger partial charge in [-0.3, -0.25) is 4.68 Å². The third-order valence-electron chi connectivity index (χ3n) is 4.42. The maximum Gasteiger partial charge on any atom is 0.323 e. The maximum absolute atomic E-state index is 12.4. The number of aryl methyl sites for hydroxylation is 1. The van der Waals surface area contributed by atoms with Gasteiger partial charge in [0.15, 0.2) is 0 Å². The predicted octanol–water partition coefficient (Wildman–Crippen LogP) is 4.21. The van der Waals surface area contributed by atoms with Gasteiger partial charge in [-0.05, 0) is 50.2 Å². The third kappa shape index (κ3) is 5.03. The van der Waals surface area contributed by atoms with Crippen LogP contribution in [-0.2, 0) is 7.05 Å². The molecule has 0 aliphatic rings. The van der Waals surface area contributed by atoms with Crippen molar-refractivity contribution in [1.29, 1.82) is 0 Å². The lowest BCUT2D eigenvalue weighted by atomic mass is 10.1. The van der Waals surface area contributed by atoms with Crippen molar-refractivity contribution in [2.45, 2.75) is 19.4 Å². The molecule has 0 aliphatic heterocycles. The van der Waals surface area contributed by atoms with E-state index in [1.807, 2.05) is 27.0 Å². The van der Waals surface area contributed by atoms with E-state index in [1.54, 1.807) is 35.1 Å². The Morgan fingerprint density at radius 2 is 2.00 bits per heavy atom. The molecule has 0 radical (unpaired) electrons. The number of aromatic nitrogens is 2. The number of hydrogen-bond acceptors (Lipinski definition) is 5. The van der Waals surface area contributed by atoms with Crippen molar-refractivity contribution in [3.63, 3.8) is 0 Å². The number of nitrogens with two attached hydrogens (primary N) is 1. The maximum atomic E-state index is 12.4. The summed E-state index contributed by atoms with van der Waals surface area (Å²) in [5.41, 5.74) is 7.59. The van der Waals surface area contributed by atoms with E-state index in [1.165, 1.54) is 12.1 Å². The average molecular weight is 430 g/mol. The van der Waals surface area contributed by atoms with Crippen LogP contribution in [0.2, 0.25) is 5.02 Å². The first-order valence-electron chi connectivity index (χ1n) is 9.26. The van der Waals surface area contributed by atoms with Crippen LogP contribution in [0.4, 0.5) is 16.2 Å². The third-order valence-corrected chi connectivity index (χ3v) is 4.66. The smallest absolute Gasteiger partial charge is 0.323 e. The number of nitrogens with one attached hydrogen (secondary N) is 2. The van der Waals surface area contributed by atoms with Crippen molar-refractivity contribution in [3.05, 3.63) is 53.7 Å². The summed E-state index contributed by atoms with van der Waals surface area (Å²) in [7, 11) is 1.82. The van der Waals surface area contributed by atoms with Gasteiger partial charge in [0, 0.05) is 42.1 Å². The Labute approximate surface area is 179 Å². The second kappa shape index (κ2) is 8.64. The largest absolute Gasteiger partial charge is 0.506 e. The number of rotatable bonds is 6. The van der Waals surface area contributed by atoms with E-state index >= 15 is 0 Å². The second-order valence-electron chi connectivity index (χ2n) is 7.36. The molecule has 0 bridgehead atoms. The van der Waals surface area contributed by atoms with Crippen LogP contribution in [0, 0.1) is 0 Å². The number of ether oxygens (including phenoxy) is 1. The summed E-state index contributed by atoms with van der Waals surface area (Å²) in [6, 6.07) is 11.1. The van der Waals surface area contributed by atoms with Crippen LogP contribution in [0.3, 0.4) is 0 Å². The predicted molar refractivity (Wildman–Crippen MR) is 118 cm³/mol. The summed E-state index contributed by atoms with van der Waals surface area (Å²) in [6.07, 6.45) is 1.68. The molecule has 0 atom stereocenters. The summed E-state index contributed by atoms with van der Waals surface area (Å²) >= 11 is 5.82. The highest BCUT2D eigenvalue weighted by atomic mass is 35.5. The number of hydrogen-bond donors (Lipinski definition) is 4. The van der Waals surface area contributed by atoms with Crippen LogP contribution >= 0.6 is 11.6 Å². The van der Waals surface area contributed by atoms with Gasteiger partial charge in [0.05, 0.1) is 11.4 Å². The summed E-state index contributed by atoms with van der Waals surface area (Å²) in [4.78, 5) is 12.4. The Balaban J connectivity index is 1.87. The van der Waals surface area contributed by atoms with Crippen molar-refractivity contribution >= 4 is 29.0 Å². The Bertz CT molecular complexity index is 1060. The molecule has 1 heterocycles.